The highest BCUT2D eigenvalue weighted by atomic mass is 79.9. The summed E-state index contributed by atoms with van der Waals surface area (Å²) >= 11 is 8.99. The zero-order valence-corrected chi connectivity index (χ0v) is 12.2. The fraction of sp³-hybridized carbons (Fsp3) is 0.167. The number of nitrogens with zero attached hydrogens (tertiary/aromatic N) is 2. The molecule has 0 aliphatic heterocycles. The molecule has 20 heavy (non-hydrogen) atoms. The number of hydrogen-bond acceptors (Lipinski definition) is 3. The van der Waals surface area contributed by atoms with E-state index in [0.29, 0.717) is 15.9 Å². The SMILES string of the molecule is FC(F)(F)c1cccc(CNc2ncnc(Cl)c2Br)c1. The van der Waals surface area contributed by atoms with Gasteiger partial charge in [-0.15, -0.1) is 0 Å². The van der Waals surface area contributed by atoms with Crippen molar-refractivity contribution in [3.05, 3.63) is 51.3 Å². The third-order valence-corrected chi connectivity index (χ3v) is 3.73. The molecule has 1 N–H and O–H groups in total. The fourth-order valence-electron chi connectivity index (χ4n) is 1.51. The summed E-state index contributed by atoms with van der Waals surface area (Å²) in [5, 5.41) is 3.13. The van der Waals surface area contributed by atoms with E-state index in [1.807, 2.05) is 0 Å². The van der Waals surface area contributed by atoms with E-state index >= 15 is 0 Å². The summed E-state index contributed by atoms with van der Waals surface area (Å²) in [5.74, 6) is 0.419. The first-order valence-corrected chi connectivity index (χ1v) is 6.61. The van der Waals surface area contributed by atoms with E-state index in [-0.39, 0.29) is 11.7 Å². The lowest BCUT2D eigenvalue weighted by atomic mass is 10.1. The normalized spacial score (nSPS) is 11.4. The Morgan fingerprint density at radius 1 is 1.25 bits per heavy atom. The molecule has 1 aromatic carbocycles. The Hall–Kier alpha value is -1.34. The van der Waals surface area contributed by atoms with Gasteiger partial charge in [0.25, 0.3) is 0 Å². The van der Waals surface area contributed by atoms with Crippen LogP contribution in [0.15, 0.2) is 35.1 Å². The van der Waals surface area contributed by atoms with Crippen molar-refractivity contribution >= 4 is 33.3 Å². The minimum absolute atomic E-state index is 0.190. The molecule has 3 nitrogen and oxygen atoms in total. The number of alkyl halides is 3. The van der Waals surface area contributed by atoms with Crippen molar-refractivity contribution in [3.8, 4) is 0 Å². The Balaban J connectivity index is 2.13. The first-order valence-electron chi connectivity index (χ1n) is 5.44. The standard InChI is InChI=1S/C12H8BrClF3N3/c13-9-10(14)19-6-20-11(9)18-5-7-2-1-3-8(4-7)12(15,16)17/h1-4,6H,5H2,(H,18,19,20). The summed E-state index contributed by atoms with van der Waals surface area (Å²) in [5.41, 5.74) is -0.196. The molecular weight excluding hydrogens is 359 g/mol. The molecule has 0 radical (unpaired) electrons. The third kappa shape index (κ3) is 3.61. The average molecular weight is 367 g/mol. The summed E-state index contributed by atoms with van der Waals surface area (Å²) in [6.45, 7) is 0.190. The lowest BCUT2D eigenvalue weighted by molar-refractivity contribution is -0.137. The minimum atomic E-state index is -4.35. The molecule has 0 spiro atoms. The van der Waals surface area contributed by atoms with Crippen LogP contribution in [0.4, 0.5) is 19.0 Å². The number of hydrogen-bond donors (Lipinski definition) is 1. The molecule has 0 aliphatic carbocycles. The first-order chi connectivity index (χ1) is 9.38. The summed E-state index contributed by atoms with van der Waals surface area (Å²) in [6, 6.07) is 5.07. The van der Waals surface area contributed by atoms with Crippen LogP contribution in [0.1, 0.15) is 11.1 Å². The molecule has 1 heterocycles. The molecule has 0 fully saturated rings. The van der Waals surface area contributed by atoms with Gasteiger partial charge in [-0.05, 0) is 33.6 Å². The van der Waals surface area contributed by atoms with Crippen molar-refractivity contribution in [2.75, 3.05) is 5.32 Å². The molecule has 8 heteroatoms. The van der Waals surface area contributed by atoms with Crippen molar-refractivity contribution in [1.29, 1.82) is 0 Å². The third-order valence-electron chi connectivity index (χ3n) is 2.46. The average Bonchev–Trinajstić information content (AvgIpc) is 2.40. The Morgan fingerprint density at radius 2 is 2.00 bits per heavy atom. The van der Waals surface area contributed by atoms with Crippen LogP contribution < -0.4 is 5.32 Å². The van der Waals surface area contributed by atoms with E-state index in [0.717, 1.165) is 12.1 Å². The quantitative estimate of drug-likeness (QED) is 0.812. The Morgan fingerprint density at radius 3 is 2.70 bits per heavy atom. The van der Waals surface area contributed by atoms with E-state index in [9.17, 15) is 13.2 Å². The summed E-state index contributed by atoms with van der Waals surface area (Å²) < 4.78 is 38.2. The van der Waals surface area contributed by atoms with Crippen molar-refractivity contribution < 1.29 is 13.2 Å². The number of aromatic nitrogens is 2. The van der Waals surface area contributed by atoms with E-state index in [1.54, 1.807) is 6.07 Å². The zero-order chi connectivity index (χ0) is 14.8. The number of nitrogens with one attached hydrogen (secondary N) is 1. The molecule has 0 bridgehead atoms. The molecule has 2 aromatic rings. The topological polar surface area (TPSA) is 37.8 Å². The first kappa shape index (κ1) is 15.1. The molecule has 0 unspecified atom stereocenters. The van der Waals surface area contributed by atoms with Gasteiger partial charge in [-0.3, -0.25) is 0 Å². The van der Waals surface area contributed by atoms with Gasteiger partial charge in [-0.1, -0.05) is 23.7 Å². The van der Waals surface area contributed by atoms with E-state index in [1.165, 1.54) is 12.4 Å². The predicted molar refractivity (Wildman–Crippen MR) is 73.5 cm³/mol. The Labute approximate surface area is 126 Å². The lowest BCUT2D eigenvalue weighted by Crippen LogP contribution is -2.07. The van der Waals surface area contributed by atoms with Gasteiger partial charge in [-0.25, -0.2) is 9.97 Å². The number of rotatable bonds is 3. The van der Waals surface area contributed by atoms with Gasteiger partial charge >= 0.3 is 6.18 Å². The molecule has 0 atom stereocenters. The second-order valence-corrected chi connectivity index (χ2v) is 5.03. The van der Waals surface area contributed by atoms with Crippen LogP contribution in [0.2, 0.25) is 5.15 Å². The van der Waals surface area contributed by atoms with Crippen molar-refractivity contribution in [3.63, 3.8) is 0 Å². The largest absolute Gasteiger partial charge is 0.416 e. The Kier molecular flexibility index (Phi) is 4.49. The van der Waals surface area contributed by atoms with Gasteiger partial charge in [0.1, 0.15) is 17.3 Å². The minimum Gasteiger partial charge on any atom is -0.365 e. The predicted octanol–water partition coefficient (Wildman–Crippen LogP) is 4.52. The number of anilines is 1. The second-order valence-electron chi connectivity index (χ2n) is 3.88. The monoisotopic (exact) mass is 365 g/mol. The van der Waals surface area contributed by atoms with Gasteiger partial charge in [0.2, 0.25) is 0 Å². The molecule has 0 saturated heterocycles. The van der Waals surface area contributed by atoms with Gasteiger partial charge in [-0.2, -0.15) is 13.2 Å². The van der Waals surface area contributed by atoms with Crippen molar-refractivity contribution in [2.24, 2.45) is 0 Å². The molecule has 0 aliphatic rings. The fourth-order valence-corrected chi connectivity index (χ4v) is 1.99. The van der Waals surface area contributed by atoms with Crippen LogP contribution in [0.25, 0.3) is 0 Å². The summed E-state index contributed by atoms with van der Waals surface area (Å²) in [7, 11) is 0. The summed E-state index contributed by atoms with van der Waals surface area (Å²) in [4.78, 5) is 7.71. The van der Waals surface area contributed by atoms with Crippen LogP contribution in [0.5, 0.6) is 0 Å². The van der Waals surface area contributed by atoms with Gasteiger partial charge in [0.05, 0.1) is 10.0 Å². The Bertz CT molecular complexity index is 619. The van der Waals surface area contributed by atoms with E-state index < -0.39 is 11.7 Å². The van der Waals surface area contributed by atoms with Gasteiger partial charge in [0, 0.05) is 6.54 Å². The lowest BCUT2D eigenvalue weighted by Gasteiger charge is -2.10. The molecule has 0 saturated carbocycles. The van der Waals surface area contributed by atoms with Crippen LogP contribution in [-0.4, -0.2) is 9.97 Å². The van der Waals surface area contributed by atoms with E-state index in [2.05, 4.69) is 31.2 Å². The maximum atomic E-state index is 12.6. The van der Waals surface area contributed by atoms with Crippen LogP contribution in [0.3, 0.4) is 0 Å². The highest BCUT2D eigenvalue weighted by Gasteiger charge is 2.30. The van der Waals surface area contributed by atoms with Gasteiger partial charge in [0.15, 0.2) is 0 Å². The van der Waals surface area contributed by atoms with Crippen LogP contribution in [-0.2, 0) is 12.7 Å². The molecular formula is C12H8BrClF3N3. The van der Waals surface area contributed by atoms with Crippen LogP contribution >= 0.6 is 27.5 Å². The molecule has 106 valence electrons. The molecule has 1 aromatic heterocycles. The number of halogens is 5. The molecule has 0 amide bonds. The molecule has 2 rings (SSSR count). The van der Waals surface area contributed by atoms with Gasteiger partial charge < -0.3 is 5.32 Å². The highest BCUT2D eigenvalue weighted by Crippen LogP contribution is 2.30. The summed E-state index contributed by atoms with van der Waals surface area (Å²) in [6.07, 6.45) is -3.09. The van der Waals surface area contributed by atoms with E-state index in [4.69, 9.17) is 11.6 Å². The van der Waals surface area contributed by atoms with Crippen LogP contribution in [0, 0.1) is 0 Å². The maximum absolute atomic E-state index is 12.6. The number of benzene rings is 1. The van der Waals surface area contributed by atoms with Crippen molar-refractivity contribution in [2.45, 2.75) is 12.7 Å². The highest BCUT2D eigenvalue weighted by molar-refractivity contribution is 9.10. The second kappa shape index (κ2) is 5.97. The zero-order valence-electron chi connectivity index (χ0n) is 9.88. The maximum Gasteiger partial charge on any atom is 0.416 e. The van der Waals surface area contributed by atoms with Crippen molar-refractivity contribution in [1.82, 2.24) is 9.97 Å². The smallest absolute Gasteiger partial charge is 0.365 e.